The van der Waals surface area contributed by atoms with E-state index in [9.17, 15) is 5.11 Å². The molecule has 2 heterocycles. The van der Waals surface area contributed by atoms with Crippen LogP contribution >= 0.6 is 0 Å². The van der Waals surface area contributed by atoms with Gasteiger partial charge in [-0.15, -0.1) is 0 Å². The number of aromatic hydroxyl groups is 1. The summed E-state index contributed by atoms with van der Waals surface area (Å²) in [6, 6.07) is 7.46. The Kier molecular flexibility index (Phi) is 3.25. The molecular weight excluding hydrogens is 238 g/mol. The van der Waals surface area contributed by atoms with E-state index in [2.05, 4.69) is 15.2 Å². The van der Waals surface area contributed by atoms with Gasteiger partial charge in [0.25, 0.3) is 0 Å². The molecular formula is C15H19N3O. The Morgan fingerprint density at radius 3 is 3.16 bits per heavy atom. The van der Waals surface area contributed by atoms with Crippen molar-refractivity contribution in [1.29, 1.82) is 0 Å². The average Bonchev–Trinajstić information content (AvgIpc) is 2.87. The van der Waals surface area contributed by atoms with E-state index < -0.39 is 0 Å². The molecule has 3 rings (SSSR count). The van der Waals surface area contributed by atoms with Crippen LogP contribution in [0, 0.1) is 5.92 Å². The van der Waals surface area contributed by atoms with Gasteiger partial charge in [-0.3, -0.25) is 0 Å². The largest absolute Gasteiger partial charge is 0.508 e. The van der Waals surface area contributed by atoms with Crippen molar-refractivity contribution in [2.75, 3.05) is 31.6 Å². The van der Waals surface area contributed by atoms with Crippen molar-refractivity contribution < 1.29 is 5.11 Å². The van der Waals surface area contributed by atoms with Gasteiger partial charge in [0.1, 0.15) is 11.6 Å². The fourth-order valence-electron chi connectivity index (χ4n) is 2.87. The number of pyridine rings is 1. The number of fused-ring (bicyclic) bond motifs is 1. The molecule has 100 valence electrons. The maximum atomic E-state index is 9.68. The standard InChI is InChI=1S/C15H19N3O/c1-16-9-11-5-7-18(10-11)15-14-8-13(19)3-2-12(14)4-6-17-15/h2-4,6,8,11,16,19H,5,7,9-10H2,1H3. The van der Waals surface area contributed by atoms with Crippen molar-refractivity contribution in [2.45, 2.75) is 6.42 Å². The maximum absolute atomic E-state index is 9.68. The molecule has 0 spiro atoms. The Balaban J connectivity index is 1.95. The molecule has 19 heavy (non-hydrogen) atoms. The van der Waals surface area contributed by atoms with Gasteiger partial charge in [0, 0.05) is 24.7 Å². The van der Waals surface area contributed by atoms with E-state index in [0.29, 0.717) is 11.7 Å². The zero-order chi connectivity index (χ0) is 13.2. The first-order valence-corrected chi connectivity index (χ1v) is 6.75. The summed E-state index contributed by atoms with van der Waals surface area (Å²) in [5.41, 5.74) is 0. The second-order valence-corrected chi connectivity index (χ2v) is 5.20. The average molecular weight is 257 g/mol. The minimum Gasteiger partial charge on any atom is -0.508 e. The third-order valence-corrected chi connectivity index (χ3v) is 3.81. The summed E-state index contributed by atoms with van der Waals surface area (Å²) in [7, 11) is 2.00. The van der Waals surface area contributed by atoms with Crippen molar-refractivity contribution in [2.24, 2.45) is 5.92 Å². The van der Waals surface area contributed by atoms with Crippen LogP contribution in [0.25, 0.3) is 10.8 Å². The third-order valence-electron chi connectivity index (χ3n) is 3.81. The molecule has 1 unspecified atom stereocenters. The lowest BCUT2D eigenvalue weighted by Crippen LogP contribution is -2.25. The predicted molar refractivity (Wildman–Crippen MR) is 77.7 cm³/mol. The number of anilines is 1. The molecule has 0 bridgehead atoms. The number of nitrogens with one attached hydrogen (secondary N) is 1. The van der Waals surface area contributed by atoms with Crippen molar-refractivity contribution >= 4 is 16.6 Å². The first-order valence-electron chi connectivity index (χ1n) is 6.75. The molecule has 0 amide bonds. The second kappa shape index (κ2) is 5.05. The number of aromatic nitrogens is 1. The highest BCUT2D eigenvalue weighted by atomic mass is 16.3. The number of benzene rings is 1. The summed E-state index contributed by atoms with van der Waals surface area (Å²) in [5.74, 6) is 1.97. The van der Waals surface area contributed by atoms with Gasteiger partial charge in [-0.1, -0.05) is 6.07 Å². The first kappa shape index (κ1) is 12.2. The van der Waals surface area contributed by atoms with Gasteiger partial charge in [-0.05, 0) is 49.5 Å². The van der Waals surface area contributed by atoms with Gasteiger partial charge in [-0.2, -0.15) is 0 Å². The van der Waals surface area contributed by atoms with Gasteiger partial charge in [-0.25, -0.2) is 4.98 Å². The van der Waals surface area contributed by atoms with Crippen molar-refractivity contribution in [1.82, 2.24) is 10.3 Å². The van der Waals surface area contributed by atoms with Crippen LogP contribution in [0.5, 0.6) is 5.75 Å². The van der Waals surface area contributed by atoms with Crippen LogP contribution < -0.4 is 10.2 Å². The molecule has 1 aromatic carbocycles. The van der Waals surface area contributed by atoms with Gasteiger partial charge >= 0.3 is 0 Å². The van der Waals surface area contributed by atoms with Crippen LogP contribution in [0.15, 0.2) is 30.5 Å². The highest BCUT2D eigenvalue weighted by molar-refractivity contribution is 5.93. The monoisotopic (exact) mass is 257 g/mol. The minimum absolute atomic E-state index is 0.299. The Morgan fingerprint density at radius 1 is 1.42 bits per heavy atom. The third kappa shape index (κ3) is 2.36. The first-order chi connectivity index (χ1) is 9.28. The molecule has 4 nitrogen and oxygen atoms in total. The van der Waals surface area contributed by atoms with E-state index in [-0.39, 0.29) is 0 Å². The second-order valence-electron chi connectivity index (χ2n) is 5.20. The molecule has 2 aromatic rings. The topological polar surface area (TPSA) is 48.4 Å². The summed E-state index contributed by atoms with van der Waals surface area (Å²) in [4.78, 5) is 6.84. The zero-order valence-corrected chi connectivity index (χ0v) is 11.1. The molecule has 4 heteroatoms. The molecule has 1 aliphatic heterocycles. The molecule has 0 radical (unpaired) electrons. The SMILES string of the molecule is CNCC1CCN(c2nccc3ccc(O)cc23)C1. The summed E-state index contributed by atoms with van der Waals surface area (Å²) in [6.45, 7) is 3.11. The van der Waals surface area contributed by atoms with Crippen molar-refractivity contribution in [3.8, 4) is 5.75 Å². The van der Waals surface area contributed by atoms with E-state index in [0.717, 1.165) is 36.2 Å². The molecule has 0 saturated carbocycles. The Bertz CT molecular complexity index is 585. The zero-order valence-electron chi connectivity index (χ0n) is 11.1. The van der Waals surface area contributed by atoms with Gasteiger partial charge in [0.15, 0.2) is 0 Å². The summed E-state index contributed by atoms with van der Waals surface area (Å²) >= 11 is 0. The number of hydrogen-bond donors (Lipinski definition) is 2. The fraction of sp³-hybridized carbons (Fsp3) is 0.400. The van der Waals surface area contributed by atoms with E-state index in [1.165, 1.54) is 6.42 Å². The molecule has 1 saturated heterocycles. The number of nitrogens with zero attached hydrogens (tertiary/aromatic N) is 2. The van der Waals surface area contributed by atoms with E-state index in [1.807, 2.05) is 31.4 Å². The lowest BCUT2D eigenvalue weighted by Gasteiger charge is -2.19. The highest BCUT2D eigenvalue weighted by Crippen LogP contribution is 2.30. The lowest BCUT2D eigenvalue weighted by atomic mass is 10.1. The van der Waals surface area contributed by atoms with Crippen LogP contribution in [-0.4, -0.2) is 36.8 Å². The number of rotatable bonds is 3. The quantitative estimate of drug-likeness (QED) is 0.883. The molecule has 0 aliphatic carbocycles. The van der Waals surface area contributed by atoms with E-state index in [1.54, 1.807) is 6.07 Å². The van der Waals surface area contributed by atoms with Gasteiger partial charge < -0.3 is 15.3 Å². The fourth-order valence-corrected chi connectivity index (χ4v) is 2.87. The van der Waals surface area contributed by atoms with Crippen molar-refractivity contribution in [3.63, 3.8) is 0 Å². The van der Waals surface area contributed by atoms with Crippen molar-refractivity contribution in [3.05, 3.63) is 30.5 Å². The smallest absolute Gasteiger partial charge is 0.136 e. The van der Waals surface area contributed by atoms with Crippen LogP contribution in [0.4, 0.5) is 5.82 Å². The molecule has 1 aliphatic rings. The Hall–Kier alpha value is -1.81. The van der Waals surface area contributed by atoms with Gasteiger partial charge in [0.2, 0.25) is 0 Å². The lowest BCUT2D eigenvalue weighted by molar-refractivity contribution is 0.476. The maximum Gasteiger partial charge on any atom is 0.136 e. The molecule has 1 fully saturated rings. The molecule has 1 aromatic heterocycles. The Labute approximate surface area is 113 Å². The van der Waals surface area contributed by atoms with Crippen LogP contribution in [0.3, 0.4) is 0 Å². The van der Waals surface area contributed by atoms with Crippen LogP contribution in [-0.2, 0) is 0 Å². The summed E-state index contributed by atoms with van der Waals surface area (Å²) in [6.07, 6.45) is 3.04. The van der Waals surface area contributed by atoms with Gasteiger partial charge in [0.05, 0.1) is 0 Å². The number of hydrogen-bond acceptors (Lipinski definition) is 4. The number of phenols is 1. The highest BCUT2D eigenvalue weighted by Gasteiger charge is 2.24. The Morgan fingerprint density at radius 2 is 2.32 bits per heavy atom. The normalized spacial score (nSPS) is 19.2. The van der Waals surface area contributed by atoms with Crippen LogP contribution in [0.1, 0.15) is 6.42 Å². The predicted octanol–water partition coefficient (Wildman–Crippen LogP) is 1.99. The van der Waals surface area contributed by atoms with E-state index >= 15 is 0 Å². The summed E-state index contributed by atoms with van der Waals surface area (Å²) in [5, 5.41) is 15.1. The summed E-state index contributed by atoms with van der Waals surface area (Å²) < 4.78 is 0. The molecule has 2 N–H and O–H groups in total. The number of phenolic OH excluding ortho intramolecular Hbond substituents is 1. The van der Waals surface area contributed by atoms with Crippen LogP contribution in [0.2, 0.25) is 0 Å². The van der Waals surface area contributed by atoms with E-state index in [4.69, 9.17) is 0 Å². The minimum atomic E-state index is 0.299. The molecule has 1 atom stereocenters.